The summed E-state index contributed by atoms with van der Waals surface area (Å²) in [7, 11) is 1.61. The zero-order chi connectivity index (χ0) is 22.1. The number of ether oxygens (including phenoxy) is 2. The molecule has 0 saturated carbocycles. The third-order valence-electron chi connectivity index (χ3n) is 5.47. The van der Waals surface area contributed by atoms with Gasteiger partial charge < -0.3 is 24.8 Å². The van der Waals surface area contributed by atoms with Gasteiger partial charge in [0.25, 0.3) is 5.91 Å². The number of aliphatic hydroxyl groups excluding tert-OH is 1. The second kappa shape index (κ2) is 11.5. The smallest absolute Gasteiger partial charge is 0.251 e. The van der Waals surface area contributed by atoms with Crippen molar-refractivity contribution in [3.8, 4) is 11.5 Å². The molecule has 0 bridgehead atoms. The van der Waals surface area contributed by atoms with Gasteiger partial charge in [-0.1, -0.05) is 30.3 Å². The van der Waals surface area contributed by atoms with Gasteiger partial charge in [0, 0.05) is 31.2 Å². The van der Waals surface area contributed by atoms with Crippen molar-refractivity contribution in [2.75, 3.05) is 33.4 Å². The first kappa shape index (κ1) is 22.8. The van der Waals surface area contributed by atoms with Gasteiger partial charge in [0.1, 0.15) is 12.7 Å². The van der Waals surface area contributed by atoms with E-state index in [4.69, 9.17) is 9.47 Å². The number of rotatable bonds is 10. The monoisotopic (exact) mass is 424 g/mol. The van der Waals surface area contributed by atoms with E-state index in [1.165, 1.54) is 0 Å². The Kier molecular flexibility index (Phi) is 8.50. The van der Waals surface area contributed by atoms with Crippen LogP contribution in [0.5, 0.6) is 11.5 Å². The maximum atomic E-state index is 12.3. The number of carbonyl (C=O) groups is 1. The van der Waals surface area contributed by atoms with E-state index in [1.807, 2.05) is 54.6 Å². The number of hydrogen-bond donors (Lipinski definition) is 2. The molecule has 1 atom stereocenters. The molecule has 0 spiro atoms. The van der Waals surface area contributed by atoms with Gasteiger partial charge >= 0.3 is 0 Å². The van der Waals surface area contributed by atoms with Crippen LogP contribution in [-0.4, -0.2) is 61.4 Å². The number of hydrogen-bond acceptors (Lipinski definition) is 5. The molecule has 6 nitrogen and oxygen atoms in total. The molecule has 31 heavy (non-hydrogen) atoms. The van der Waals surface area contributed by atoms with Crippen LogP contribution in [0.2, 0.25) is 0 Å². The first-order chi connectivity index (χ1) is 15.1. The largest absolute Gasteiger partial charge is 0.493 e. The molecule has 1 saturated heterocycles. The van der Waals surface area contributed by atoms with Gasteiger partial charge in [-0.3, -0.25) is 4.79 Å². The maximum absolute atomic E-state index is 12.3. The van der Waals surface area contributed by atoms with Gasteiger partial charge in [0.15, 0.2) is 11.5 Å². The SMILES string of the molecule is C=CCc1ccc(OCC(O)CN2CCC(NC(=O)c3ccccc3)CC2)c(OC)c1. The van der Waals surface area contributed by atoms with Crippen molar-refractivity contribution in [1.82, 2.24) is 10.2 Å². The zero-order valence-electron chi connectivity index (χ0n) is 18.1. The number of aliphatic hydroxyl groups is 1. The average molecular weight is 425 g/mol. The van der Waals surface area contributed by atoms with E-state index in [2.05, 4.69) is 16.8 Å². The molecule has 0 radical (unpaired) electrons. The Balaban J connectivity index is 1.40. The number of piperidine rings is 1. The molecular formula is C25H32N2O4. The quantitative estimate of drug-likeness (QED) is 0.574. The number of nitrogens with one attached hydrogen (secondary N) is 1. The third-order valence-corrected chi connectivity index (χ3v) is 5.47. The molecule has 0 aliphatic carbocycles. The number of benzene rings is 2. The van der Waals surface area contributed by atoms with E-state index >= 15 is 0 Å². The Hall–Kier alpha value is -2.83. The molecule has 1 heterocycles. The molecule has 2 aromatic rings. The van der Waals surface area contributed by atoms with Crippen molar-refractivity contribution in [3.05, 3.63) is 72.3 Å². The van der Waals surface area contributed by atoms with Crippen molar-refractivity contribution >= 4 is 5.91 Å². The van der Waals surface area contributed by atoms with Crippen LogP contribution in [0.15, 0.2) is 61.2 Å². The van der Waals surface area contributed by atoms with E-state index in [1.54, 1.807) is 7.11 Å². The van der Waals surface area contributed by atoms with Crippen molar-refractivity contribution in [1.29, 1.82) is 0 Å². The molecule has 3 rings (SSSR count). The highest BCUT2D eigenvalue weighted by Gasteiger charge is 2.23. The Morgan fingerprint density at radius 3 is 2.65 bits per heavy atom. The lowest BCUT2D eigenvalue weighted by atomic mass is 10.0. The van der Waals surface area contributed by atoms with Crippen LogP contribution in [-0.2, 0) is 6.42 Å². The molecule has 1 fully saturated rings. The van der Waals surface area contributed by atoms with Gasteiger partial charge in [0.05, 0.1) is 7.11 Å². The molecule has 6 heteroatoms. The fraction of sp³-hybridized carbons (Fsp3) is 0.400. The number of methoxy groups -OCH3 is 1. The highest BCUT2D eigenvalue weighted by Crippen LogP contribution is 2.28. The first-order valence-corrected chi connectivity index (χ1v) is 10.8. The zero-order valence-corrected chi connectivity index (χ0v) is 18.1. The number of allylic oxidation sites excluding steroid dienone is 1. The topological polar surface area (TPSA) is 71.0 Å². The van der Waals surface area contributed by atoms with Crippen LogP contribution in [0, 0.1) is 0 Å². The van der Waals surface area contributed by atoms with E-state index < -0.39 is 6.10 Å². The van der Waals surface area contributed by atoms with Gasteiger partial charge in [-0.25, -0.2) is 0 Å². The molecule has 166 valence electrons. The summed E-state index contributed by atoms with van der Waals surface area (Å²) in [4.78, 5) is 14.5. The lowest BCUT2D eigenvalue weighted by Gasteiger charge is -2.33. The van der Waals surface area contributed by atoms with Crippen molar-refractivity contribution in [2.45, 2.75) is 31.4 Å². The summed E-state index contributed by atoms with van der Waals surface area (Å²) in [6.07, 6.45) is 3.74. The number of β-amino-alcohol motifs (C(OH)–C–C–N with tert-alkyl or cyclic N) is 1. The summed E-state index contributed by atoms with van der Waals surface area (Å²) in [6.45, 7) is 6.14. The van der Waals surface area contributed by atoms with E-state index in [-0.39, 0.29) is 18.6 Å². The summed E-state index contributed by atoms with van der Waals surface area (Å²) in [5.74, 6) is 1.25. The number of carbonyl (C=O) groups excluding carboxylic acids is 1. The molecule has 1 amide bonds. The summed E-state index contributed by atoms with van der Waals surface area (Å²) in [6, 6.07) is 15.2. The fourth-order valence-electron chi connectivity index (χ4n) is 3.78. The van der Waals surface area contributed by atoms with Crippen molar-refractivity contribution < 1.29 is 19.4 Å². The van der Waals surface area contributed by atoms with Crippen molar-refractivity contribution in [2.24, 2.45) is 0 Å². The highest BCUT2D eigenvalue weighted by molar-refractivity contribution is 5.94. The van der Waals surface area contributed by atoms with Crippen molar-refractivity contribution in [3.63, 3.8) is 0 Å². The highest BCUT2D eigenvalue weighted by atomic mass is 16.5. The molecule has 2 aromatic carbocycles. The molecule has 1 unspecified atom stereocenters. The predicted molar refractivity (Wildman–Crippen MR) is 122 cm³/mol. The molecule has 0 aromatic heterocycles. The molecular weight excluding hydrogens is 392 g/mol. The summed E-state index contributed by atoms with van der Waals surface area (Å²) >= 11 is 0. The fourth-order valence-corrected chi connectivity index (χ4v) is 3.78. The van der Waals surface area contributed by atoms with Crippen LogP contribution in [0.3, 0.4) is 0 Å². The van der Waals surface area contributed by atoms with E-state index in [0.29, 0.717) is 23.6 Å². The predicted octanol–water partition coefficient (Wildman–Crippen LogP) is 3.06. The Labute approximate surface area is 184 Å². The van der Waals surface area contributed by atoms with E-state index in [0.717, 1.165) is 37.9 Å². The lowest BCUT2D eigenvalue weighted by molar-refractivity contribution is 0.0560. The standard InChI is InChI=1S/C25H32N2O4/c1-3-7-19-10-11-23(24(16-19)30-2)31-18-22(28)17-27-14-12-21(13-15-27)26-25(29)20-8-5-4-6-9-20/h3-6,8-11,16,21-22,28H,1,7,12-15,17-18H2,2H3,(H,26,29). The summed E-state index contributed by atoms with van der Waals surface area (Å²) < 4.78 is 11.2. The minimum atomic E-state index is -0.604. The van der Waals surface area contributed by atoms with Gasteiger partial charge in [-0.2, -0.15) is 0 Å². The second-order valence-corrected chi connectivity index (χ2v) is 7.86. The average Bonchev–Trinajstić information content (AvgIpc) is 2.80. The second-order valence-electron chi connectivity index (χ2n) is 7.86. The molecule has 2 N–H and O–H groups in total. The Morgan fingerprint density at radius 2 is 1.97 bits per heavy atom. The summed E-state index contributed by atoms with van der Waals surface area (Å²) in [5.41, 5.74) is 1.78. The van der Waals surface area contributed by atoms with Gasteiger partial charge in [-0.15, -0.1) is 6.58 Å². The Morgan fingerprint density at radius 1 is 1.23 bits per heavy atom. The van der Waals surface area contributed by atoms with Crippen LogP contribution in [0.25, 0.3) is 0 Å². The minimum Gasteiger partial charge on any atom is -0.493 e. The van der Waals surface area contributed by atoms with Crippen LogP contribution < -0.4 is 14.8 Å². The number of nitrogens with zero attached hydrogens (tertiary/aromatic N) is 1. The minimum absolute atomic E-state index is 0.0273. The lowest BCUT2D eigenvalue weighted by Crippen LogP contribution is -2.47. The maximum Gasteiger partial charge on any atom is 0.251 e. The number of likely N-dealkylation sites (tertiary alicyclic amines) is 1. The van der Waals surface area contributed by atoms with Gasteiger partial charge in [-0.05, 0) is 49.1 Å². The van der Waals surface area contributed by atoms with E-state index in [9.17, 15) is 9.90 Å². The first-order valence-electron chi connectivity index (χ1n) is 10.8. The third kappa shape index (κ3) is 6.84. The normalized spacial score (nSPS) is 15.8. The van der Waals surface area contributed by atoms with Gasteiger partial charge in [0.2, 0.25) is 0 Å². The van der Waals surface area contributed by atoms with Crippen LogP contribution in [0.1, 0.15) is 28.8 Å². The Bertz CT molecular complexity index is 848. The van der Waals surface area contributed by atoms with Crippen LogP contribution >= 0.6 is 0 Å². The summed E-state index contributed by atoms with van der Waals surface area (Å²) in [5, 5.41) is 13.5. The molecule has 1 aliphatic heterocycles. The van der Waals surface area contributed by atoms with Crippen LogP contribution in [0.4, 0.5) is 0 Å². The molecule has 1 aliphatic rings. The number of amides is 1.